The van der Waals surface area contributed by atoms with Crippen molar-refractivity contribution in [2.24, 2.45) is 0 Å². The number of carbonyl (C=O) groups is 2. The molecule has 2 amide bonds. The van der Waals surface area contributed by atoms with Crippen LogP contribution in [0.5, 0.6) is 5.75 Å². The minimum atomic E-state index is -0.336. The highest BCUT2D eigenvalue weighted by molar-refractivity contribution is 6.05. The van der Waals surface area contributed by atoms with Crippen LogP contribution in [0.1, 0.15) is 46.3 Å². The van der Waals surface area contributed by atoms with Gasteiger partial charge in [-0.15, -0.1) is 0 Å². The number of nitrogens with one attached hydrogen (secondary N) is 2. The summed E-state index contributed by atoms with van der Waals surface area (Å²) in [5.41, 5.74) is 2.17. The first-order valence-electron chi connectivity index (χ1n) is 9.43. The standard InChI is InChI=1S/C23H23N3O3/c1-3-29-20-11-9-19(10-12-20)26-22(27)18-13-14-24-21(15-18)23(28)25-16(2)17-7-5-4-6-8-17/h4-16H,3H2,1-2H3,(H,25,28)(H,26,27). The minimum absolute atomic E-state index is 0.174. The van der Waals surface area contributed by atoms with Gasteiger partial charge in [-0.05, 0) is 55.8 Å². The van der Waals surface area contributed by atoms with Crippen LogP contribution in [0.15, 0.2) is 72.9 Å². The van der Waals surface area contributed by atoms with Gasteiger partial charge < -0.3 is 15.4 Å². The molecule has 0 aliphatic rings. The van der Waals surface area contributed by atoms with E-state index in [1.54, 1.807) is 30.3 Å². The largest absolute Gasteiger partial charge is 0.494 e. The molecule has 1 unspecified atom stereocenters. The van der Waals surface area contributed by atoms with E-state index in [-0.39, 0.29) is 23.6 Å². The third kappa shape index (κ3) is 5.42. The highest BCUT2D eigenvalue weighted by Crippen LogP contribution is 2.17. The lowest BCUT2D eigenvalue weighted by atomic mass is 10.1. The van der Waals surface area contributed by atoms with Crippen molar-refractivity contribution < 1.29 is 14.3 Å². The van der Waals surface area contributed by atoms with Gasteiger partial charge in [0, 0.05) is 17.4 Å². The Labute approximate surface area is 169 Å². The molecule has 6 heteroatoms. The van der Waals surface area contributed by atoms with Crippen molar-refractivity contribution in [3.05, 3.63) is 89.7 Å². The summed E-state index contributed by atoms with van der Waals surface area (Å²) in [5.74, 6) is 0.0830. The number of rotatable bonds is 7. The van der Waals surface area contributed by atoms with Gasteiger partial charge in [-0.3, -0.25) is 14.6 Å². The number of benzene rings is 2. The summed E-state index contributed by atoms with van der Waals surface area (Å²) in [5, 5.41) is 5.71. The zero-order chi connectivity index (χ0) is 20.6. The SMILES string of the molecule is CCOc1ccc(NC(=O)c2ccnc(C(=O)NC(C)c3ccccc3)c2)cc1. The lowest BCUT2D eigenvalue weighted by molar-refractivity contribution is 0.0935. The predicted octanol–water partition coefficient (Wildman–Crippen LogP) is 4.22. The van der Waals surface area contributed by atoms with Crippen LogP contribution in [0.4, 0.5) is 5.69 Å². The van der Waals surface area contributed by atoms with E-state index in [0.29, 0.717) is 17.9 Å². The van der Waals surface area contributed by atoms with E-state index < -0.39 is 0 Å². The van der Waals surface area contributed by atoms with Gasteiger partial charge in [0.1, 0.15) is 11.4 Å². The monoisotopic (exact) mass is 389 g/mol. The fraction of sp³-hybridized carbons (Fsp3) is 0.174. The number of hydrogen-bond acceptors (Lipinski definition) is 4. The summed E-state index contributed by atoms with van der Waals surface area (Å²) in [6.45, 7) is 4.39. The Balaban J connectivity index is 1.66. The van der Waals surface area contributed by atoms with Gasteiger partial charge in [0.25, 0.3) is 11.8 Å². The van der Waals surface area contributed by atoms with Crippen molar-refractivity contribution in [1.82, 2.24) is 10.3 Å². The molecule has 0 saturated carbocycles. The number of carbonyl (C=O) groups excluding carboxylic acids is 2. The molecular weight excluding hydrogens is 366 g/mol. The molecule has 1 aromatic heterocycles. The van der Waals surface area contributed by atoms with Crippen LogP contribution < -0.4 is 15.4 Å². The van der Waals surface area contributed by atoms with Crippen LogP contribution in [0.25, 0.3) is 0 Å². The van der Waals surface area contributed by atoms with Crippen molar-refractivity contribution in [2.75, 3.05) is 11.9 Å². The van der Waals surface area contributed by atoms with Crippen molar-refractivity contribution in [2.45, 2.75) is 19.9 Å². The molecular formula is C23H23N3O3. The lowest BCUT2D eigenvalue weighted by Crippen LogP contribution is -2.27. The topological polar surface area (TPSA) is 80.3 Å². The van der Waals surface area contributed by atoms with Gasteiger partial charge >= 0.3 is 0 Å². The van der Waals surface area contributed by atoms with Crippen LogP contribution in [-0.4, -0.2) is 23.4 Å². The number of nitrogens with zero attached hydrogens (tertiary/aromatic N) is 1. The number of pyridine rings is 1. The second-order valence-corrected chi connectivity index (χ2v) is 6.45. The van der Waals surface area contributed by atoms with Gasteiger partial charge in [-0.1, -0.05) is 30.3 Å². The Morgan fingerprint density at radius 1 is 1.00 bits per heavy atom. The molecule has 29 heavy (non-hydrogen) atoms. The Morgan fingerprint density at radius 2 is 1.72 bits per heavy atom. The molecule has 0 bridgehead atoms. The first-order chi connectivity index (χ1) is 14.1. The summed E-state index contributed by atoms with van der Waals surface area (Å²) >= 11 is 0. The Bertz CT molecular complexity index is 972. The molecule has 0 aliphatic heterocycles. The van der Waals surface area contributed by atoms with Gasteiger partial charge in [-0.25, -0.2) is 0 Å². The molecule has 0 saturated heterocycles. The number of ether oxygens (including phenoxy) is 1. The maximum absolute atomic E-state index is 12.5. The molecule has 0 fully saturated rings. The zero-order valence-corrected chi connectivity index (χ0v) is 16.4. The van der Waals surface area contributed by atoms with Crippen LogP contribution in [0.2, 0.25) is 0 Å². The summed E-state index contributed by atoms with van der Waals surface area (Å²) in [6.07, 6.45) is 1.45. The molecule has 3 rings (SSSR count). The maximum Gasteiger partial charge on any atom is 0.270 e. The van der Waals surface area contributed by atoms with Gasteiger partial charge in [-0.2, -0.15) is 0 Å². The summed E-state index contributed by atoms with van der Waals surface area (Å²) in [4.78, 5) is 29.2. The third-order valence-corrected chi connectivity index (χ3v) is 4.33. The Morgan fingerprint density at radius 3 is 2.41 bits per heavy atom. The van der Waals surface area contributed by atoms with E-state index in [9.17, 15) is 9.59 Å². The Kier molecular flexibility index (Phi) is 6.58. The van der Waals surface area contributed by atoms with Crippen LogP contribution in [0.3, 0.4) is 0 Å². The van der Waals surface area contributed by atoms with Crippen molar-refractivity contribution in [3.63, 3.8) is 0 Å². The quantitative estimate of drug-likeness (QED) is 0.634. The molecule has 6 nitrogen and oxygen atoms in total. The Hall–Kier alpha value is -3.67. The van der Waals surface area contributed by atoms with Gasteiger partial charge in [0.05, 0.1) is 12.6 Å². The van der Waals surface area contributed by atoms with E-state index in [1.807, 2.05) is 44.2 Å². The highest BCUT2D eigenvalue weighted by atomic mass is 16.5. The van der Waals surface area contributed by atoms with Crippen molar-refractivity contribution in [1.29, 1.82) is 0 Å². The minimum Gasteiger partial charge on any atom is -0.494 e. The van der Waals surface area contributed by atoms with Crippen molar-refractivity contribution in [3.8, 4) is 5.75 Å². The summed E-state index contributed by atoms with van der Waals surface area (Å²) in [6, 6.07) is 19.6. The van der Waals surface area contributed by atoms with E-state index in [2.05, 4.69) is 15.6 Å². The average Bonchev–Trinajstić information content (AvgIpc) is 2.76. The lowest BCUT2D eigenvalue weighted by Gasteiger charge is -2.14. The molecule has 0 aliphatic carbocycles. The van der Waals surface area contributed by atoms with Crippen LogP contribution in [-0.2, 0) is 0 Å². The molecule has 1 atom stereocenters. The van der Waals surface area contributed by atoms with Gasteiger partial charge in [0.2, 0.25) is 0 Å². The fourth-order valence-corrected chi connectivity index (χ4v) is 2.80. The van der Waals surface area contributed by atoms with E-state index in [4.69, 9.17) is 4.74 Å². The molecule has 2 aromatic carbocycles. The number of amides is 2. The first kappa shape index (κ1) is 20.1. The van der Waals surface area contributed by atoms with Gasteiger partial charge in [0.15, 0.2) is 0 Å². The first-order valence-corrected chi connectivity index (χ1v) is 9.43. The van der Waals surface area contributed by atoms with Crippen LogP contribution >= 0.6 is 0 Å². The average molecular weight is 389 g/mol. The fourth-order valence-electron chi connectivity index (χ4n) is 2.80. The normalized spacial score (nSPS) is 11.4. The maximum atomic E-state index is 12.5. The summed E-state index contributed by atoms with van der Waals surface area (Å²) in [7, 11) is 0. The summed E-state index contributed by atoms with van der Waals surface area (Å²) < 4.78 is 5.39. The van der Waals surface area contributed by atoms with E-state index in [1.165, 1.54) is 12.3 Å². The molecule has 3 aromatic rings. The molecule has 1 heterocycles. The van der Waals surface area contributed by atoms with Crippen molar-refractivity contribution >= 4 is 17.5 Å². The number of hydrogen-bond donors (Lipinski definition) is 2. The molecule has 0 spiro atoms. The smallest absolute Gasteiger partial charge is 0.270 e. The highest BCUT2D eigenvalue weighted by Gasteiger charge is 2.15. The molecule has 148 valence electrons. The number of anilines is 1. The third-order valence-electron chi connectivity index (χ3n) is 4.33. The van der Waals surface area contributed by atoms with E-state index >= 15 is 0 Å². The number of aromatic nitrogens is 1. The zero-order valence-electron chi connectivity index (χ0n) is 16.4. The predicted molar refractivity (Wildman–Crippen MR) is 112 cm³/mol. The molecule has 0 radical (unpaired) electrons. The second-order valence-electron chi connectivity index (χ2n) is 6.45. The van der Waals surface area contributed by atoms with E-state index in [0.717, 1.165) is 11.3 Å². The second kappa shape index (κ2) is 9.50. The van der Waals surface area contributed by atoms with Crippen LogP contribution in [0, 0.1) is 0 Å². The molecule has 2 N–H and O–H groups in total.